The summed E-state index contributed by atoms with van der Waals surface area (Å²) in [5, 5.41) is 6.25. The van der Waals surface area contributed by atoms with Gasteiger partial charge in [0.15, 0.2) is 11.5 Å². The molecular formula is C21H18N2O3. The van der Waals surface area contributed by atoms with Crippen LogP contribution < -0.4 is 20.1 Å². The Morgan fingerprint density at radius 3 is 2.38 bits per heavy atom. The van der Waals surface area contributed by atoms with Crippen molar-refractivity contribution < 1.29 is 14.3 Å². The smallest absolute Gasteiger partial charge is 0.255 e. The molecule has 1 amide bonds. The highest BCUT2D eigenvalue weighted by atomic mass is 16.7. The molecule has 0 saturated heterocycles. The van der Waals surface area contributed by atoms with Gasteiger partial charge in [0.05, 0.1) is 0 Å². The van der Waals surface area contributed by atoms with Crippen molar-refractivity contribution in [3.8, 4) is 11.5 Å². The van der Waals surface area contributed by atoms with Gasteiger partial charge in [-0.05, 0) is 48.0 Å². The molecule has 3 aromatic carbocycles. The number of benzene rings is 3. The molecule has 4 rings (SSSR count). The molecule has 0 aliphatic carbocycles. The number of carbonyl (C=O) groups excluding carboxylic acids is 1. The van der Waals surface area contributed by atoms with Crippen molar-refractivity contribution in [1.29, 1.82) is 0 Å². The van der Waals surface area contributed by atoms with Crippen LogP contribution in [0.2, 0.25) is 0 Å². The Labute approximate surface area is 151 Å². The first-order valence-corrected chi connectivity index (χ1v) is 8.37. The summed E-state index contributed by atoms with van der Waals surface area (Å²) in [4.78, 5) is 12.4. The van der Waals surface area contributed by atoms with Crippen LogP contribution in [0.4, 0.5) is 11.4 Å². The molecule has 0 aromatic heterocycles. The van der Waals surface area contributed by atoms with Gasteiger partial charge >= 0.3 is 0 Å². The van der Waals surface area contributed by atoms with E-state index in [-0.39, 0.29) is 12.7 Å². The Kier molecular flexibility index (Phi) is 4.43. The lowest BCUT2D eigenvalue weighted by Crippen LogP contribution is -2.11. The summed E-state index contributed by atoms with van der Waals surface area (Å²) in [5.74, 6) is 1.07. The topological polar surface area (TPSA) is 59.6 Å². The van der Waals surface area contributed by atoms with E-state index in [0.717, 1.165) is 17.9 Å². The van der Waals surface area contributed by atoms with Crippen molar-refractivity contribution in [3.63, 3.8) is 0 Å². The predicted octanol–water partition coefficient (Wildman–Crippen LogP) is 4.28. The standard InChI is InChI=1S/C21H18N2O3/c24-21(16-6-11-19-20(12-16)26-14-25-19)23-18-9-7-17(8-10-18)22-13-15-4-2-1-3-5-15/h1-12,22H,13-14H2,(H,23,24). The van der Waals surface area contributed by atoms with Crippen LogP contribution in [0.15, 0.2) is 72.8 Å². The molecule has 0 radical (unpaired) electrons. The van der Waals surface area contributed by atoms with E-state index in [2.05, 4.69) is 22.8 Å². The zero-order chi connectivity index (χ0) is 17.8. The molecule has 5 heteroatoms. The molecule has 1 aliphatic heterocycles. The molecule has 3 aromatic rings. The number of hydrogen-bond donors (Lipinski definition) is 2. The van der Waals surface area contributed by atoms with E-state index in [1.165, 1.54) is 5.56 Å². The average Bonchev–Trinajstić information content (AvgIpc) is 3.16. The first-order valence-electron chi connectivity index (χ1n) is 8.37. The summed E-state index contributed by atoms with van der Waals surface area (Å²) in [7, 11) is 0. The van der Waals surface area contributed by atoms with E-state index < -0.39 is 0 Å². The maximum absolute atomic E-state index is 12.4. The minimum absolute atomic E-state index is 0.187. The summed E-state index contributed by atoms with van der Waals surface area (Å²) in [6.45, 7) is 0.946. The third-order valence-corrected chi connectivity index (χ3v) is 4.12. The fourth-order valence-electron chi connectivity index (χ4n) is 2.71. The maximum atomic E-state index is 12.4. The van der Waals surface area contributed by atoms with Gasteiger partial charge in [0.25, 0.3) is 5.91 Å². The van der Waals surface area contributed by atoms with Crippen molar-refractivity contribution in [2.75, 3.05) is 17.4 Å². The number of rotatable bonds is 5. The van der Waals surface area contributed by atoms with E-state index in [4.69, 9.17) is 9.47 Å². The lowest BCUT2D eigenvalue weighted by Gasteiger charge is -2.09. The Morgan fingerprint density at radius 1 is 0.846 bits per heavy atom. The van der Waals surface area contributed by atoms with Crippen LogP contribution in [0.1, 0.15) is 15.9 Å². The third kappa shape index (κ3) is 3.62. The highest BCUT2D eigenvalue weighted by molar-refractivity contribution is 6.04. The third-order valence-electron chi connectivity index (χ3n) is 4.12. The molecule has 0 unspecified atom stereocenters. The van der Waals surface area contributed by atoms with Gasteiger partial charge in [0, 0.05) is 23.5 Å². The highest BCUT2D eigenvalue weighted by Gasteiger charge is 2.16. The van der Waals surface area contributed by atoms with Gasteiger partial charge in [-0.2, -0.15) is 0 Å². The zero-order valence-electron chi connectivity index (χ0n) is 14.1. The van der Waals surface area contributed by atoms with Gasteiger partial charge in [-0.3, -0.25) is 4.79 Å². The molecule has 130 valence electrons. The second-order valence-electron chi connectivity index (χ2n) is 5.94. The molecule has 2 N–H and O–H groups in total. The van der Waals surface area contributed by atoms with E-state index in [0.29, 0.717) is 17.1 Å². The lowest BCUT2D eigenvalue weighted by molar-refractivity contribution is 0.102. The minimum Gasteiger partial charge on any atom is -0.454 e. The zero-order valence-corrected chi connectivity index (χ0v) is 14.1. The molecule has 26 heavy (non-hydrogen) atoms. The van der Waals surface area contributed by atoms with Crippen LogP contribution in [0.3, 0.4) is 0 Å². The van der Waals surface area contributed by atoms with Gasteiger partial charge < -0.3 is 20.1 Å². The van der Waals surface area contributed by atoms with Crippen molar-refractivity contribution in [2.24, 2.45) is 0 Å². The average molecular weight is 346 g/mol. The van der Waals surface area contributed by atoms with Crippen LogP contribution in [0.25, 0.3) is 0 Å². The highest BCUT2D eigenvalue weighted by Crippen LogP contribution is 2.32. The predicted molar refractivity (Wildman–Crippen MR) is 101 cm³/mol. The molecule has 0 spiro atoms. The van der Waals surface area contributed by atoms with Crippen LogP contribution in [0, 0.1) is 0 Å². The first-order chi connectivity index (χ1) is 12.8. The number of anilines is 2. The van der Waals surface area contributed by atoms with E-state index in [1.807, 2.05) is 42.5 Å². The van der Waals surface area contributed by atoms with E-state index in [9.17, 15) is 4.79 Å². The summed E-state index contributed by atoms with van der Waals surface area (Å²) < 4.78 is 10.6. The second-order valence-corrected chi connectivity index (χ2v) is 5.94. The quantitative estimate of drug-likeness (QED) is 0.724. The fraction of sp³-hybridized carbons (Fsp3) is 0.0952. The molecule has 0 fully saturated rings. The normalized spacial score (nSPS) is 11.8. The Hall–Kier alpha value is -3.47. The van der Waals surface area contributed by atoms with E-state index >= 15 is 0 Å². The van der Waals surface area contributed by atoms with Gasteiger partial charge in [-0.25, -0.2) is 0 Å². The minimum atomic E-state index is -0.187. The van der Waals surface area contributed by atoms with Gasteiger partial charge in [0.1, 0.15) is 0 Å². The van der Waals surface area contributed by atoms with E-state index in [1.54, 1.807) is 18.2 Å². The fourth-order valence-corrected chi connectivity index (χ4v) is 2.71. The second kappa shape index (κ2) is 7.19. The largest absolute Gasteiger partial charge is 0.454 e. The lowest BCUT2D eigenvalue weighted by atomic mass is 10.2. The molecule has 0 saturated carbocycles. The van der Waals surface area contributed by atoms with Crippen LogP contribution in [-0.4, -0.2) is 12.7 Å². The number of amides is 1. The number of carbonyl (C=O) groups is 1. The Balaban J connectivity index is 1.37. The molecule has 1 heterocycles. The van der Waals surface area contributed by atoms with Crippen LogP contribution in [0.5, 0.6) is 11.5 Å². The molecular weight excluding hydrogens is 328 g/mol. The van der Waals surface area contributed by atoms with Crippen molar-refractivity contribution in [2.45, 2.75) is 6.54 Å². The molecule has 0 atom stereocenters. The van der Waals surface area contributed by atoms with Crippen molar-refractivity contribution >= 4 is 17.3 Å². The molecule has 1 aliphatic rings. The summed E-state index contributed by atoms with van der Waals surface area (Å²) in [6.07, 6.45) is 0. The summed E-state index contributed by atoms with van der Waals surface area (Å²) in [5.41, 5.74) is 3.47. The molecule has 5 nitrogen and oxygen atoms in total. The van der Waals surface area contributed by atoms with Crippen molar-refractivity contribution in [1.82, 2.24) is 0 Å². The number of ether oxygens (including phenoxy) is 2. The number of nitrogens with one attached hydrogen (secondary N) is 2. The number of fused-ring (bicyclic) bond motifs is 1. The maximum Gasteiger partial charge on any atom is 0.255 e. The Bertz CT molecular complexity index is 908. The Morgan fingerprint density at radius 2 is 1.58 bits per heavy atom. The first kappa shape index (κ1) is 16.0. The summed E-state index contributed by atoms with van der Waals surface area (Å²) in [6, 6.07) is 23.0. The van der Waals surface area contributed by atoms with Crippen LogP contribution >= 0.6 is 0 Å². The van der Waals surface area contributed by atoms with Gasteiger partial charge in [0.2, 0.25) is 6.79 Å². The monoisotopic (exact) mass is 346 g/mol. The number of hydrogen-bond acceptors (Lipinski definition) is 4. The molecule has 0 bridgehead atoms. The van der Waals surface area contributed by atoms with Gasteiger partial charge in [-0.15, -0.1) is 0 Å². The van der Waals surface area contributed by atoms with Gasteiger partial charge in [-0.1, -0.05) is 30.3 Å². The summed E-state index contributed by atoms with van der Waals surface area (Å²) >= 11 is 0. The van der Waals surface area contributed by atoms with Crippen molar-refractivity contribution in [3.05, 3.63) is 83.9 Å². The van der Waals surface area contributed by atoms with Crippen LogP contribution in [-0.2, 0) is 6.54 Å². The SMILES string of the molecule is O=C(Nc1ccc(NCc2ccccc2)cc1)c1ccc2c(c1)OCO2.